The summed E-state index contributed by atoms with van der Waals surface area (Å²) >= 11 is 0. The summed E-state index contributed by atoms with van der Waals surface area (Å²) in [5.41, 5.74) is 0. The van der Waals surface area contributed by atoms with E-state index < -0.39 is 5.97 Å². The maximum Gasteiger partial charge on any atom is 0.0445 e. The van der Waals surface area contributed by atoms with E-state index in [1.807, 2.05) is 0 Å². The summed E-state index contributed by atoms with van der Waals surface area (Å²) in [6.07, 6.45) is 10.9. The van der Waals surface area contributed by atoms with Crippen molar-refractivity contribution >= 4 is 5.97 Å². The largest absolute Gasteiger partial charge is 0.550 e. The van der Waals surface area contributed by atoms with Gasteiger partial charge >= 0.3 is 0 Å². The smallest absolute Gasteiger partial charge is 0.0445 e. The van der Waals surface area contributed by atoms with E-state index in [1.54, 1.807) is 0 Å². The highest BCUT2D eigenvalue weighted by atomic mass is 16.4. The van der Waals surface area contributed by atoms with E-state index in [0.29, 0.717) is 0 Å². The van der Waals surface area contributed by atoms with Crippen molar-refractivity contribution in [2.24, 2.45) is 5.92 Å². The molecule has 0 amide bonds. The Hall–Kier alpha value is -0.530. The van der Waals surface area contributed by atoms with Gasteiger partial charge in [-0.2, -0.15) is 0 Å². The second kappa shape index (κ2) is 11.0. The van der Waals surface area contributed by atoms with Gasteiger partial charge in [0.1, 0.15) is 0 Å². The van der Waals surface area contributed by atoms with E-state index in [0.717, 1.165) is 38.5 Å². The van der Waals surface area contributed by atoms with Crippen molar-refractivity contribution in [1.82, 2.24) is 0 Å². The molecular weight excluding hydrogens is 200 g/mol. The molecule has 0 aliphatic rings. The average molecular weight is 227 g/mol. The first-order valence-electron chi connectivity index (χ1n) is 6.93. The zero-order valence-electron chi connectivity index (χ0n) is 11.0. The molecule has 0 radical (unpaired) electrons. The molecule has 0 aliphatic heterocycles. The Morgan fingerprint density at radius 1 is 0.875 bits per heavy atom. The fourth-order valence-electron chi connectivity index (χ4n) is 2.02. The van der Waals surface area contributed by atoms with Gasteiger partial charge in [0, 0.05) is 5.97 Å². The number of hydrogen-bond donors (Lipinski definition) is 0. The Labute approximate surface area is 100 Å². The van der Waals surface area contributed by atoms with Gasteiger partial charge in [0.2, 0.25) is 0 Å². The molecule has 0 N–H and O–H groups in total. The highest BCUT2D eigenvalue weighted by Gasteiger charge is 2.08. The third kappa shape index (κ3) is 8.75. The Kier molecular flexibility index (Phi) is 10.6. The number of rotatable bonds is 11. The number of carboxylic acids is 1. The lowest BCUT2D eigenvalue weighted by Crippen LogP contribution is -2.31. The highest BCUT2D eigenvalue weighted by molar-refractivity contribution is 5.67. The summed E-state index contributed by atoms with van der Waals surface area (Å²) in [5.74, 6) is -1.04. The predicted octanol–water partition coefficient (Wildman–Crippen LogP) is 3.29. The quantitative estimate of drug-likeness (QED) is 0.508. The lowest BCUT2D eigenvalue weighted by molar-refractivity contribution is -0.312. The lowest BCUT2D eigenvalue weighted by atomic mass is 9.95. The molecule has 0 fully saturated rings. The van der Waals surface area contributed by atoms with Crippen LogP contribution in [0.3, 0.4) is 0 Å². The minimum absolute atomic E-state index is 0.201. The Morgan fingerprint density at radius 2 is 1.31 bits per heavy atom. The average Bonchev–Trinajstić information content (AvgIpc) is 2.26. The standard InChI is InChI=1S/C14H28O2/c1-3-5-7-8-10-12-13(14(15)16)11-9-6-4-2/h13H,3-12H2,1-2H3,(H,15,16)/p-1. The van der Waals surface area contributed by atoms with Gasteiger partial charge in [0.15, 0.2) is 0 Å². The minimum Gasteiger partial charge on any atom is -0.550 e. The van der Waals surface area contributed by atoms with Gasteiger partial charge in [-0.15, -0.1) is 0 Å². The topological polar surface area (TPSA) is 40.1 Å². The number of carbonyl (C=O) groups excluding carboxylic acids is 1. The van der Waals surface area contributed by atoms with Gasteiger partial charge in [-0.3, -0.25) is 0 Å². The second-order valence-corrected chi connectivity index (χ2v) is 4.71. The molecule has 2 nitrogen and oxygen atoms in total. The summed E-state index contributed by atoms with van der Waals surface area (Å²) in [4.78, 5) is 10.9. The first-order valence-corrected chi connectivity index (χ1v) is 6.93. The molecule has 0 saturated heterocycles. The van der Waals surface area contributed by atoms with Crippen LogP contribution < -0.4 is 5.11 Å². The SMILES string of the molecule is CCCCCCCC(CCCCC)C(=O)[O-]. The first-order chi connectivity index (χ1) is 7.72. The lowest BCUT2D eigenvalue weighted by Gasteiger charge is -2.17. The van der Waals surface area contributed by atoms with Crippen molar-refractivity contribution in [3.63, 3.8) is 0 Å². The number of aliphatic carboxylic acids is 1. The number of hydrogen-bond acceptors (Lipinski definition) is 2. The van der Waals surface area contributed by atoms with Gasteiger partial charge in [-0.1, -0.05) is 65.2 Å². The van der Waals surface area contributed by atoms with Crippen LogP contribution in [0.15, 0.2) is 0 Å². The van der Waals surface area contributed by atoms with E-state index in [1.165, 1.54) is 25.7 Å². The van der Waals surface area contributed by atoms with Gasteiger partial charge < -0.3 is 9.90 Å². The minimum atomic E-state index is -0.841. The number of unbranched alkanes of at least 4 members (excludes halogenated alkanes) is 6. The normalized spacial score (nSPS) is 12.6. The molecule has 16 heavy (non-hydrogen) atoms. The van der Waals surface area contributed by atoms with Crippen LogP contribution in [-0.4, -0.2) is 5.97 Å². The van der Waals surface area contributed by atoms with Crippen molar-refractivity contribution < 1.29 is 9.90 Å². The zero-order valence-corrected chi connectivity index (χ0v) is 11.0. The van der Waals surface area contributed by atoms with Crippen LogP contribution in [0.1, 0.15) is 78.1 Å². The van der Waals surface area contributed by atoms with Crippen LogP contribution in [0.2, 0.25) is 0 Å². The fraction of sp³-hybridized carbons (Fsp3) is 0.929. The number of carboxylic acid groups (broad SMARTS) is 1. The summed E-state index contributed by atoms with van der Waals surface area (Å²) in [7, 11) is 0. The number of carbonyl (C=O) groups is 1. The molecule has 0 aromatic heterocycles. The fourth-order valence-corrected chi connectivity index (χ4v) is 2.02. The van der Waals surface area contributed by atoms with Crippen LogP contribution in [-0.2, 0) is 4.79 Å². The summed E-state index contributed by atoms with van der Waals surface area (Å²) < 4.78 is 0. The molecule has 1 unspecified atom stereocenters. The monoisotopic (exact) mass is 227 g/mol. The molecule has 0 saturated carbocycles. The molecule has 0 aliphatic carbocycles. The van der Waals surface area contributed by atoms with Gasteiger partial charge in [0.25, 0.3) is 0 Å². The van der Waals surface area contributed by atoms with Crippen LogP contribution in [0.4, 0.5) is 0 Å². The van der Waals surface area contributed by atoms with E-state index in [4.69, 9.17) is 0 Å². The van der Waals surface area contributed by atoms with Crippen molar-refractivity contribution in [2.75, 3.05) is 0 Å². The van der Waals surface area contributed by atoms with Gasteiger partial charge in [-0.25, -0.2) is 0 Å². The maximum absolute atomic E-state index is 10.9. The first kappa shape index (κ1) is 15.5. The third-order valence-electron chi connectivity index (χ3n) is 3.15. The molecule has 0 heterocycles. The molecule has 0 aromatic rings. The third-order valence-corrected chi connectivity index (χ3v) is 3.15. The van der Waals surface area contributed by atoms with E-state index in [2.05, 4.69) is 13.8 Å². The maximum atomic E-state index is 10.9. The molecule has 96 valence electrons. The highest BCUT2D eigenvalue weighted by Crippen LogP contribution is 2.17. The van der Waals surface area contributed by atoms with E-state index >= 15 is 0 Å². The Bertz CT molecular complexity index is 166. The van der Waals surface area contributed by atoms with Gasteiger partial charge in [-0.05, 0) is 18.8 Å². The molecule has 2 heteroatoms. The van der Waals surface area contributed by atoms with Crippen molar-refractivity contribution in [1.29, 1.82) is 0 Å². The molecule has 0 bridgehead atoms. The Balaban J connectivity index is 3.56. The van der Waals surface area contributed by atoms with Crippen molar-refractivity contribution in [3.8, 4) is 0 Å². The van der Waals surface area contributed by atoms with E-state index in [-0.39, 0.29) is 5.92 Å². The molecule has 0 aromatic carbocycles. The van der Waals surface area contributed by atoms with Gasteiger partial charge in [0.05, 0.1) is 0 Å². The Morgan fingerprint density at radius 3 is 1.81 bits per heavy atom. The van der Waals surface area contributed by atoms with Crippen molar-refractivity contribution in [2.45, 2.75) is 78.1 Å². The summed E-state index contributed by atoms with van der Waals surface area (Å²) in [6.45, 7) is 4.33. The molecular formula is C14H27O2-. The summed E-state index contributed by atoms with van der Waals surface area (Å²) in [6, 6.07) is 0. The molecule has 0 rings (SSSR count). The molecule has 0 spiro atoms. The van der Waals surface area contributed by atoms with Crippen LogP contribution >= 0.6 is 0 Å². The predicted molar refractivity (Wildman–Crippen MR) is 66.0 cm³/mol. The van der Waals surface area contributed by atoms with Crippen molar-refractivity contribution in [3.05, 3.63) is 0 Å². The van der Waals surface area contributed by atoms with Crippen LogP contribution in [0.5, 0.6) is 0 Å². The van der Waals surface area contributed by atoms with Crippen LogP contribution in [0.25, 0.3) is 0 Å². The van der Waals surface area contributed by atoms with Crippen LogP contribution in [0, 0.1) is 5.92 Å². The second-order valence-electron chi connectivity index (χ2n) is 4.71. The summed E-state index contributed by atoms with van der Waals surface area (Å²) in [5, 5.41) is 10.9. The zero-order chi connectivity index (χ0) is 12.2. The molecule has 1 atom stereocenters. The van der Waals surface area contributed by atoms with E-state index in [9.17, 15) is 9.90 Å².